The molecule has 2 aliphatic heterocycles. The van der Waals surface area contributed by atoms with E-state index in [4.69, 9.17) is 14.2 Å². The van der Waals surface area contributed by atoms with Crippen LogP contribution in [0.2, 0.25) is 0 Å². The minimum absolute atomic E-state index is 0. The SMILES string of the molecule is COc1ccc(C(=O)CC2c3c(cc4c(c3CO)OCO4)CC[N+]2(C)C)c(F)c1.[I-]. The summed E-state index contributed by atoms with van der Waals surface area (Å²) in [6, 6.07) is 5.99. The lowest BCUT2D eigenvalue weighted by molar-refractivity contribution is -0.922. The number of likely N-dealkylation sites (N-methyl/N-ethyl adjacent to an activating group) is 1. The molecule has 0 saturated heterocycles. The van der Waals surface area contributed by atoms with Gasteiger partial charge in [-0.15, -0.1) is 0 Å². The molecule has 0 aliphatic carbocycles. The summed E-state index contributed by atoms with van der Waals surface area (Å²) in [4.78, 5) is 13.1. The van der Waals surface area contributed by atoms with E-state index in [0.717, 1.165) is 24.1 Å². The number of halogens is 2. The van der Waals surface area contributed by atoms with Gasteiger partial charge in [0.25, 0.3) is 0 Å². The molecule has 30 heavy (non-hydrogen) atoms. The second-order valence-electron chi connectivity index (χ2n) is 8.06. The Kier molecular flexibility index (Phi) is 6.59. The van der Waals surface area contributed by atoms with E-state index >= 15 is 0 Å². The Morgan fingerprint density at radius 3 is 2.73 bits per heavy atom. The van der Waals surface area contributed by atoms with Crippen molar-refractivity contribution in [2.24, 2.45) is 0 Å². The number of rotatable bonds is 5. The van der Waals surface area contributed by atoms with Crippen molar-refractivity contribution in [2.45, 2.75) is 25.5 Å². The van der Waals surface area contributed by atoms with Gasteiger partial charge in [0.05, 0.1) is 46.3 Å². The normalized spacial score (nSPS) is 18.4. The van der Waals surface area contributed by atoms with Gasteiger partial charge in [-0.05, 0) is 23.8 Å². The van der Waals surface area contributed by atoms with Crippen LogP contribution in [-0.4, -0.2) is 49.9 Å². The summed E-state index contributed by atoms with van der Waals surface area (Å²) in [5.74, 6) is 0.667. The summed E-state index contributed by atoms with van der Waals surface area (Å²) < 4.78 is 31.2. The fourth-order valence-electron chi connectivity index (χ4n) is 4.36. The lowest BCUT2D eigenvalue weighted by Crippen LogP contribution is -3.00. The zero-order valence-corrected chi connectivity index (χ0v) is 19.4. The van der Waals surface area contributed by atoms with Crippen LogP contribution in [0, 0.1) is 5.82 Å². The maximum absolute atomic E-state index is 14.5. The molecule has 0 bridgehead atoms. The summed E-state index contributed by atoms with van der Waals surface area (Å²) >= 11 is 0. The van der Waals surface area contributed by atoms with E-state index in [0.29, 0.717) is 27.3 Å². The first kappa shape index (κ1) is 22.8. The highest BCUT2D eigenvalue weighted by molar-refractivity contribution is 5.97. The molecule has 0 spiro atoms. The summed E-state index contributed by atoms with van der Waals surface area (Å²) in [6.07, 6.45) is 0.920. The molecule has 2 aromatic carbocycles. The van der Waals surface area contributed by atoms with Crippen molar-refractivity contribution in [3.63, 3.8) is 0 Å². The predicted molar refractivity (Wildman–Crippen MR) is 104 cm³/mol. The number of nitrogens with zero attached hydrogens (tertiary/aromatic N) is 1. The van der Waals surface area contributed by atoms with E-state index in [9.17, 15) is 14.3 Å². The lowest BCUT2D eigenvalue weighted by Gasteiger charge is -2.43. The van der Waals surface area contributed by atoms with E-state index in [1.165, 1.54) is 19.2 Å². The highest BCUT2D eigenvalue weighted by atomic mass is 127. The molecule has 0 radical (unpaired) electrons. The number of carbonyl (C=O) groups is 1. The molecule has 4 rings (SSSR count). The van der Waals surface area contributed by atoms with Gasteiger partial charge in [-0.1, -0.05) is 0 Å². The molecular weight excluding hydrogens is 504 g/mol. The first-order valence-electron chi connectivity index (χ1n) is 9.60. The third-order valence-corrected chi connectivity index (χ3v) is 6.04. The maximum atomic E-state index is 14.5. The fourth-order valence-corrected chi connectivity index (χ4v) is 4.36. The molecule has 6 nitrogen and oxygen atoms in total. The Labute approximate surface area is 192 Å². The summed E-state index contributed by atoms with van der Waals surface area (Å²) in [6.45, 7) is 0.723. The third-order valence-electron chi connectivity index (χ3n) is 6.04. The zero-order valence-electron chi connectivity index (χ0n) is 17.2. The molecule has 0 saturated carbocycles. The van der Waals surface area contributed by atoms with Crippen LogP contribution >= 0.6 is 0 Å². The van der Waals surface area contributed by atoms with Crippen molar-refractivity contribution >= 4 is 5.78 Å². The number of fused-ring (bicyclic) bond motifs is 2. The van der Waals surface area contributed by atoms with Crippen molar-refractivity contribution in [3.8, 4) is 17.2 Å². The maximum Gasteiger partial charge on any atom is 0.231 e. The standard InChI is InChI=1S/C22H25FNO5.HI/c1-24(2)7-6-13-8-20-22(29-12-28-20)16(11-25)21(13)18(24)10-19(26)15-5-4-14(27-3)9-17(15)23;/h4-5,8-9,18,25H,6-7,10-12H2,1-3H3;1H/q+1;/p-1. The lowest BCUT2D eigenvalue weighted by atomic mass is 9.83. The minimum Gasteiger partial charge on any atom is -1.00 e. The Morgan fingerprint density at radius 2 is 2.07 bits per heavy atom. The van der Waals surface area contributed by atoms with Gasteiger partial charge in [-0.3, -0.25) is 4.79 Å². The topological polar surface area (TPSA) is 65.0 Å². The van der Waals surface area contributed by atoms with E-state index < -0.39 is 5.82 Å². The van der Waals surface area contributed by atoms with Crippen LogP contribution in [0.25, 0.3) is 0 Å². The van der Waals surface area contributed by atoms with Gasteiger partial charge in [-0.25, -0.2) is 4.39 Å². The van der Waals surface area contributed by atoms with E-state index in [-0.39, 0.29) is 61.2 Å². The van der Waals surface area contributed by atoms with E-state index in [1.54, 1.807) is 6.07 Å². The Bertz CT molecular complexity index is 978. The number of carbonyl (C=O) groups excluding carboxylic acids is 1. The van der Waals surface area contributed by atoms with Gasteiger partial charge in [0.2, 0.25) is 6.79 Å². The van der Waals surface area contributed by atoms with Gasteiger partial charge in [0, 0.05) is 23.6 Å². The largest absolute Gasteiger partial charge is 1.00 e. The highest BCUT2D eigenvalue weighted by Crippen LogP contribution is 2.47. The van der Waals surface area contributed by atoms with Gasteiger partial charge in [0.15, 0.2) is 17.3 Å². The van der Waals surface area contributed by atoms with Gasteiger partial charge >= 0.3 is 0 Å². The van der Waals surface area contributed by atoms with Gasteiger partial charge < -0.3 is 47.8 Å². The first-order chi connectivity index (χ1) is 13.9. The molecule has 1 N–H and O–H groups in total. The molecule has 0 aromatic heterocycles. The van der Waals surface area contributed by atoms with Crippen molar-refractivity contribution in [1.82, 2.24) is 0 Å². The minimum atomic E-state index is -0.594. The summed E-state index contributed by atoms with van der Waals surface area (Å²) in [5, 5.41) is 10.1. The van der Waals surface area contributed by atoms with Crippen LogP contribution in [0.4, 0.5) is 4.39 Å². The number of hydrogen-bond donors (Lipinski definition) is 1. The third kappa shape index (κ3) is 3.88. The predicted octanol–water partition coefficient (Wildman–Crippen LogP) is 0.00590. The number of aliphatic hydroxyl groups is 1. The number of benzene rings is 2. The van der Waals surface area contributed by atoms with E-state index in [2.05, 4.69) is 14.1 Å². The first-order valence-corrected chi connectivity index (χ1v) is 9.60. The number of hydrogen-bond acceptors (Lipinski definition) is 5. The van der Waals surface area contributed by atoms with Crippen molar-refractivity contribution in [1.29, 1.82) is 0 Å². The molecule has 8 heteroatoms. The summed E-state index contributed by atoms with van der Waals surface area (Å²) in [5.41, 5.74) is 2.66. The summed E-state index contributed by atoms with van der Waals surface area (Å²) in [7, 11) is 5.56. The van der Waals surface area contributed by atoms with Crippen molar-refractivity contribution in [2.75, 3.05) is 34.5 Å². The quantitative estimate of drug-likeness (QED) is 0.336. The number of aliphatic hydroxyl groups excluding tert-OH is 1. The number of ether oxygens (including phenoxy) is 3. The van der Waals surface area contributed by atoms with Crippen molar-refractivity contribution < 1.29 is 57.0 Å². The Balaban J connectivity index is 0.00000256. The molecule has 2 aliphatic rings. The van der Waals surface area contributed by atoms with Gasteiger partial charge in [0.1, 0.15) is 17.6 Å². The number of Topliss-reactive ketones (excluding diaryl/α,β-unsaturated/α-hetero) is 1. The van der Waals surface area contributed by atoms with Gasteiger partial charge in [-0.2, -0.15) is 0 Å². The average Bonchev–Trinajstić information content (AvgIpc) is 3.16. The smallest absolute Gasteiger partial charge is 0.231 e. The molecule has 2 aromatic rings. The van der Waals surface area contributed by atoms with Crippen molar-refractivity contribution in [3.05, 3.63) is 52.3 Å². The van der Waals surface area contributed by atoms with E-state index in [1.807, 2.05) is 6.07 Å². The Hall–Kier alpha value is -1.91. The van der Waals surface area contributed by atoms with Crippen LogP contribution in [0.5, 0.6) is 17.2 Å². The van der Waals surface area contributed by atoms with Crippen LogP contribution in [0.1, 0.15) is 39.5 Å². The van der Waals surface area contributed by atoms with Crippen LogP contribution in [0.3, 0.4) is 0 Å². The molecule has 162 valence electrons. The second kappa shape index (κ2) is 8.68. The molecule has 1 unspecified atom stereocenters. The number of methoxy groups -OCH3 is 1. The molecule has 2 heterocycles. The number of ketones is 1. The molecule has 1 atom stereocenters. The monoisotopic (exact) mass is 529 g/mol. The number of quaternary nitrogens is 1. The molecular formula is C22H25FINO5. The molecule has 0 fully saturated rings. The average molecular weight is 529 g/mol. The molecule has 0 amide bonds. The fraction of sp³-hybridized carbons (Fsp3) is 0.409. The zero-order chi connectivity index (χ0) is 20.8. The Morgan fingerprint density at radius 1 is 1.30 bits per heavy atom. The van der Waals surface area contributed by atoms with Crippen LogP contribution < -0.4 is 38.2 Å². The second-order valence-corrected chi connectivity index (χ2v) is 8.06. The highest BCUT2D eigenvalue weighted by Gasteiger charge is 2.41. The van der Waals surface area contributed by atoms with Crippen LogP contribution in [0.15, 0.2) is 24.3 Å². The van der Waals surface area contributed by atoms with Crippen LogP contribution in [-0.2, 0) is 13.0 Å².